The molecule has 0 spiro atoms. The zero-order valence-electron chi connectivity index (χ0n) is 15.4. The van der Waals surface area contributed by atoms with Crippen molar-refractivity contribution in [2.24, 2.45) is 17.3 Å². The van der Waals surface area contributed by atoms with E-state index in [-0.39, 0.29) is 17.6 Å². The van der Waals surface area contributed by atoms with E-state index in [1.165, 1.54) is 6.92 Å². The highest BCUT2D eigenvalue weighted by Gasteiger charge is 2.65. The first kappa shape index (κ1) is 17.4. The predicted octanol–water partition coefficient (Wildman–Crippen LogP) is 3.15. The Labute approximate surface area is 154 Å². The highest BCUT2D eigenvalue weighted by Crippen LogP contribution is 2.65. The lowest BCUT2D eigenvalue weighted by molar-refractivity contribution is -0.171. The summed E-state index contributed by atoms with van der Waals surface area (Å²) in [5, 5.41) is 20.9. The lowest BCUT2D eigenvalue weighted by Crippen LogP contribution is -2.55. The zero-order valence-corrected chi connectivity index (χ0v) is 15.4. The molecule has 1 aromatic rings. The number of hydrogen-bond acceptors (Lipinski definition) is 4. The number of phenols is 1. The quantitative estimate of drug-likeness (QED) is 0.601. The molecule has 4 rings (SSSR count). The summed E-state index contributed by atoms with van der Waals surface area (Å²) in [6, 6.07) is 5.50. The van der Waals surface area contributed by atoms with Gasteiger partial charge < -0.3 is 14.9 Å². The Hall–Kier alpha value is -1.99. The number of phenolic OH excluding ortho intramolecular Hbond substituents is 1. The van der Waals surface area contributed by atoms with E-state index in [9.17, 15) is 15.0 Å². The SMILES string of the molecule is C#C[C@@]1(OC(C)=O)CC[C@@H]2[C@@H]3CCc4cc(O)ccc4[C@@H]3[C@@H](O)C[C@@]21C. The van der Waals surface area contributed by atoms with Gasteiger partial charge in [-0.05, 0) is 67.2 Å². The second-order valence-electron chi connectivity index (χ2n) is 8.51. The molecule has 6 atom stereocenters. The number of rotatable bonds is 1. The largest absolute Gasteiger partial charge is 0.508 e. The Morgan fingerprint density at radius 2 is 2.15 bits per heavy atom. The minimum absolute atomic E-state index is 0.0586. The maximum Gasteiger partial charge on any atom is 0.304 e. The molecule has 0 bridgehead atoms. The van der Waals surface area contributed by atoms with Crippen molar-refractivity contribution in [1.82, 2.24) is 0 Å². The second kappa shape index (κ2) is 5.76. The first-order valence-electron chi connectivity index (χ1n) is 9.48. The first-order valence-corrected chi connectivity index (χ1v) is 9.48. The average molecular weight is 354 g/mol. The zero-order chi connectivity index (χ0) is 18.7. The second-order valence-corrected chi connectivity index (χ2v) is 8.51. The molecular weight excluding hydrogens is 328 g/mol. The molecule has 138 valence electrons. The molecule has 3 aliphatic carbocycles. The molecule has 0 radical (unpaired) electrons. The van der Waals surface area contributed by atoms with Crippen LogP contribution in [0.3, 0.4) is 0 Å². The van der Waals surface area contributed by atoms with E-state index in [4.69, 9.17) is 11.2 Å². The molecule has 2 fully saturated rings. The summed E-state index contributed by atoms with van der Waals surface area (Å²) in [6.45, 7) is 3.50. The minimum Gasteiger partial charge on any atom is -0.508 e. The van der Waals surface area contributed by atoms with Gasteiger partial charge in [-0.25, -0.2) is 0 Å². The Morgan fingerprint density at radius 3 is 2.85 bits per heavy atom. The molecule has 26 heavy (non-hydrogen) atoms. The molecule has 0 heterocycles. The number of aliphatic hydroxyl groups excluding tert-OH is 1. The van der Waals surface area contributed by atoms with Crippen LogP contribution in [0.4, 0.5) is 0 Å². The van der Waals surface area contributed by atoms with Crippen LogP contribution < -0.4 is 0 Å². The molecule has 0 aliphatic heterocycles. The van der Waals surface area contributed by atoms with Crippen LogP contribution >= 0.6 is 0 Å². The van der Waals surface area contributed by atoms with Crippen molar-refractivity contribution >= 4 is 5.97 Å². The summed E-state index contributed by atoms with van der Waals surface area (Å²) in [6.07, 6.45) is 9.28. The third-order valence-corrected chi connectivity index (χ3v) is 7.36. The van der Waals surface area contributed by atoms with Crippen molar-refractivity contribution < 1.29 is 19.7 Å². The third kappa shape index (κ3) is 2.23. The molecule has 4 nitrogen and oxygen atoms in total. The van der Waals surface area contributed by atoms with Crippen LogP contribution in [0.2, 0.25) is 0 Å². The van der Waals surface area contributed by atoms with Crippen LogP contribution in [-0.2, 0) is 16.0 Å². The van der Waals surface area contributed by atoms with Gasteiger partial charge in [0.1, 0.15) is 5.75 Å². The van der Waals surface area contributed by atoms with Gasteiger partial charge in [0.15, 0.2) is 5.60 Å². The van der Waals surface area contributed by atoms with Gasteiger partial charge >= 0.3 is 5.97 Å². The first-order chi connectivity index (χ1) is 12.3. The Balaban J connectivity index is 1.75. The molecule has 0 aromatic heterocycles. The van der Waals surface area contributed by atoms with Gasteiger partial charge in [0.05, 0.1) is 6.10 Å². The predicted molar refractivity (Wildman–Crippen MR) is 97.4 cm³/mol. The van der Waals surface area contributed by atoms with Crippen molar-refractivity contribution in [2.75, 3.05) is 0 Å². The van der Waals surface area contributed by atoms with Gasteiger partial charge in [0, 0.05) is 18.3 Å². The number of carbonyl (C=O) groups excluding carboxylic acids is 1. The Morgan fingerprint density at radius 1 is 1.38 bits per heavy atom. The number of aliphatic hydroxyl groups is 1. The molecule has 0 unspecified atom stereocenters. The van der Waals surface area contributed by atoms with Crippen LogP contribution in [0.1, 0.15) is 56.6 Å². The van der Waals surface area contributed by atoms with Crippen molar-refractivity contribution in [2.45, 2.75) is 63.6 Å². The van der Waals surface area contributed by atoms with E-state index in [1.54, 1.807) is 6.07 Å². The summed E-state index contributed by atoms with van der Waals surface area (Å²) in [5.41, 5.74) is 0.946. The van der Waals surface area contributed by atoms with E-state index in [0.717, 1.165) is 30.4 Å². The number of terminal acetylenes is 1. The van der Waals surface area contributed by atoms with Gasteiger partial charge in [-0.2, -0.15) is 0 Å². The fraction of sp³-hybridized carbons (Fsp3) is 0.591. The number of fused-ring (bicyclic) bond motifs is 5. The number of hydrogen-bond donors (Lipinski definition) is 2. The minimum atomic E-state index is -0.926. The van der Waals surface area contributed by atoms with Crippen molar-refractivity contribution in [3.63, 3.8) is 0 Å². The third-order valence-electron chi connectivity index (χ3n) is 7.36. The van der Waals surface area contributed by atoms with Crippen LogP contribution in [0.15, 0.2) is 18.2 Å². The molecule has 1 aromatic carbocycles. The molecule has 0 amide bonds. The van der Waals surface area contributed by atoms with Crippen molar-refractivity contribution in [3.8, 4) is 18.1 Å². The fourth-order valence-electron chi connectivity index (χ4n) is 6.32. The maximum atomic E-state index is 11.7. The van der Waals surface area contributed by atoms with Gasteiger partial charge in [-0.15, -0.1) is 6.42 Å². The van der Waals surface area contributed by atoms with E-state index >= 15 is 0 Å². The lowest BCUT2D eigenvalue weighted by Gasteiger charge is -2.54. The number of aryl methyl sites for hydroxylation is 1. The number of esters is 1. The number of benzene rings is 1. The summed E-state index contributed by atoms with van der Waals surface area (Å²) >= 11 is 0. The molecule has 2 saturated carbocycles. The van der Waals surface area contributed by atoms with Gasteiger partial charge in [-0.3, -0.25) is 4.79 Å². The average Bonchev–Trinajstić information content (AvgIpc) is 2.86. The van der Waals surface area contributed by atoms with Crippen LogP contribution in [0, 0.1) is 29.6 Å². The number of aromatic hydroxyl groups is 1. The number of ether oxygens (including phenoxy) is 1. The van der Waals surface area contributed by atoms with E-state index < -0.39 is 17.1 Å². The van der Waals surface area contributed by atoms with Crippen LogP contribution in [0.5, 0.6) is 5.75 Å². The smallest absolute Gasteiger partial charge is 0.304 e. The molecule has 2 N–H and O–H groups in total. The van der Waals surface area contributed by atoms with Crippen molar-refractivity contribution in [3.05, 3.63) is 29.3 Å². The van der Waals surface area contributed by atoms with Gasteiger partial charge in [0.2, 0.25) is 0 Å². The highest BCUT2D eigenvalue weighted by molar-refractivity contribution is 5.67. The van der Waals surface area contributed by atoms with E-state index in [1.807, 2.05) is 12.1 Å². The lowest BCUT2D eigenvalue weighted by atomic mass is 9.52. The summed E-state index contributed by atoms with van der Waals surface area (Å²) in [5.74, 6) is 3.41. The molecule has 0 saturated heterocycles. The van der Waals surface area contributed by atoms with E-state index in [0.29, 0.717) is 24.7 Å². The monoisotopic (exact) mass is 354 g/mol. The molecule has 3 aliphatic rings. The van der Waals surface area contributed by atoms with Gasteiger partial charge in [0.25, 0.3) is 0 Å². The molecular formula is C22H26O4. The normalized spacial score (nSPS) is 40.7. The Kier molecular flexibility index (Phi) is 3.86. The maximum absolute atomic E-state index is 11.7. The van der Waals surface area contributed by atoms with Crippen LogP contribution in [0.25, 0.3) is 0 Å². The standard InChI is InChI=1S/C22H26O4/c1-4-22(26-13(2)23)10-9-18-17-7-5-14-11-15(24)6-8-16(14)20(17)19(25)12-21(18,22)3/h1,6,8,11,17-20,24-25H,5,7,9-10,12H2,2-3H3/t17-,18+,19-,20-,21-,22+/m0/s1. The summed E-state index contributed by atoms with van der Waals surface area (Å²) in [7, 11) is 0. The fourth-order valence-corrected chi connectivity index (χ4v) is 6.32. The number of carbonyl (C=O) groups is 1. The Bertz CT molecular complexity index is 794. The van der Waals surface area contributed by atoms with Crippen molar-refractivity contribution in [1.29, 1.82) is 0 Å². The van der Waals surface area contributed by atoms with E-state index in [2.05, 4.69) is 12.8 Å². The highest BCUT2D eigenvalue weighted by atomic mass is 16.6. The summed E-state index contributed by atoms with van der Waals surface area (Å²) in [4.78, 5) is 11.7. The van der Waals surface area contributed by atoms with Gasteiger partial charge in [-0.1, -0.05) is 18.9 Å². The van der Waals surface area contributed by atoms with Crippen LogP contribution in [-0.4, -0.2) is 27.9 Å². The molecule has 4 heteroatoms. The topological polar surface area (TPSA) is 66.8 Å². The summed E-state index contributed by atoms with van der Waals surface area (Å²) < 4.78 is 5.71.